The van der Waals surface area contributed by atoms with Gasteiger partial charge in [0.1, 0.15) is 11.6 Å². The summed E-state index contributed by atoms with van der Waals surface area (Å²) in [6.45, 7) is 2.54. The number of halogens is 2. The van der Waals surface area contributed by atoms with Crippen molar-refractivity contribution < 1.29 is 4.79 Å². The largest absolute Gasteiger partial charge is 0.352 e. The van der Waals surface area contributed by atoms with E-state index in [1.54, 1.807) is 12.1 Å². The van der Waals surface area contributed by atoms with Crippen molar-refractivity contribution in [1.82, 2.24) is 24.6 Å². The summed E-state index contributed by atoms with van der Waals surface area (Å²) in [5, 5.41) is 6.66. The lowest BCUT2D eigenvalue weighted by molar-refractivity contribution is 0.0747. The van der Waals surface area contributed by atoms with Crippen molar-refractivity contribution in [2.24, 2.45) is 0 Å². The molecule has 2 fully saturated rings. The Balaban J connectivity index is 1.31. The van der Waals surface area contributed by atoms with Crippen LogP contribution in [0.4, 0.5) is 5.82 Å². The van der Waals surface area contributed by atoms with Crippen molar-refractivity contribution in [2.45, 2.75) is 18.8 Å². The van der Waals surface area contributed by atoms with Gasteiger partial charge in [-0.05, 0) is 43.2 Å². The van der Waals surface area contributed by atoms with E-state index in [0.29, 0.717) is 47.7 Å². The molecule has 0 unspecified atom stereocenters. The third-order valence-electron chi connectivity index (χ3n) is 6.39. The lowest BCUT2D eigenvalue weighted by atomic mass is 10.1. The van der Waals surface area contributed by atoms with Gasteiger partial charge in [0.15, 0.2) is 5.65 Å². The Kier molecular flexibility index (Phi) is 5.38. The van der Waals surface area contributed by atoms with Gasteiger partial charge < -0.3 is 9.80 Å². The highest BCUT2D eigenvalue weighted by Crippen LogP contribution is 2.40. The monoisotopic (exact) mass is 492 g/mol. The van der Waals surface area contributed by atoms with E-state index in [-0.39, 0.29) is 5.91 Å². The number of carbonyl (C=O) groups excluding carboxylic acids is 1. The summed E-state index contributed by atoms with van der Waals surface area (Å²) in [4.78, 5) is 26.9. The first-order chi connectivity index (χ1) is 16.6. The van der Waals surface area contributed by atoms with Gasteiger partial charge in [-0.15, -0.1) is 0 Å². The number of hydrogen-bond acceptors (Lipinski definition) is 5. The van der Waals surface area contributed by atoms with Crippen molar-refractivity contribution in [3.05, 3.63) is 76.2 Å². The molecule has 7 nitrogen and oxygen atoms in total. The van der Waals surface area contributed by atoms with Gasteiger partial charge >= 0.3 is 0 Å². The van der Waals surface area contributed by atoms with Crippen LogP contribution < -0.4 is 4.90 Å². The second kappa shape index (κ2) is 8.56. The average Bonchev–Trinajstić information content (AvgIpc) is 3.62. The first-order valence-corrected chi connectivity index (χ1v) is 12.1. The van der Waals surface area contributed by atoms with Gasteiger partial charge in [0.25, 0.3) is 5.91 Å². The Morgan fingerprint density at radius 2 is 1.74 bits per heavy atom. The van der Waals surface area contributed by atoms with Crippen molar-refractivity contribution >= 4 is 46.0 Å². The van der Waals surface area contributed by atoms with E-state index in [9.17, 15) is 4.79 Å². The molecule has 6 rings (SSSR count). The van der Waals surface area contributed by atoms with Gasteiger partial charge in [-0.2, -0.15) is 5.10 Å². The molecular formula is C25H22Cl2N6O. The minimum atomic E-state index is -0.0365. The fraction of sp³-hybridized carbons (Fsp3) is 0.280. The number of nitrogens with zero attached hydrogens (tertiary/aromatic N) is 6. The van der Waals surface area contributed by atoms with Crippen LogP contribution in [-0.4, -0.2) is 56.7 Å². The van der Waals surface area contributed by atoms with E-state index < -0.39 is 0 Å². The highest BCUT2D eigenvalue weighted by Gasteiger charge is 2.31. The van der Waals surface area contributed by atoms with E-state index in [1.165, 1.54) is 0 Å². The summed E-state index contributed by atoms with van der Waals surface area (Å²) in [6, 6.07) is 14.8. The normalized spacial score (nSPS) is 16.3. The molecule has 2 aromatic heterocycles. The number of fused-ring (bicyclic) bond motifs is 1. The Hall–Kier alpha value is -3.16. The molecule has 0 bridgehead atoms. The van der Waals surface area contributed by atoms with Gasteiger partial charge in [-0.25, -0.2) is 14.6 Å². The summed E-state index contributed by atoms with van der Waals surface area (Å²) in [7, 11) is 0. The average molecular weight is 493 g/mol. The van der Waals surface area contributed by atoms with E-state index in [2.05, 4.69) is 10.00 Å². The predicted octanol–water partition coefficient (Wildman–Crippen LogP) is 4.96. The zero-order chi connectivity index (χ0) is 23.2. The molecule has 9 heteroatoms. The van der Waals surface area contributed by atoms with Crippen LogP contribution in [-0.2, 0) is 0 Å². The van der Waals surface area contributed by atoms with Crippen LogP contribution in [0.1, 0.15) is 34.9 Å². The third-order valence-corrected chi connectivity index (χ3v) is 6.96. The van der Waals surface area contributed by atoms with Gasteiger partial charge in [0, 0.05) is 37.1 Å². The molecule has 2 aromatic carbocycles. The quantitative estimate of drug-likeness (QED) is 0.402. The highest BCUT2D eigenvalue weighted by atomic mass is 35.5. The van der Waals surface area contributed by atoms with Crippen LogP contribution >= 0.6 is 23.2 Å². The Morgan fingerprint density at radius 3 is 2.47 bits per heavy atom. The molecule has 0 atom stereocenters. The molecule has 3 heterocycles. The molecular weight excluding hydrogens is 471 g/mol. The number of anilines is 1. The Bertz CT molecular complexity index is 1390. The molecule has 1 amide bonds. The van der Waals surface area contributed by atoms with Gasteiger partial charge in [0.05, 0.1) is 27.9 Å². The predicted molar refractivity (Wildman–Crippen MR) is 133 cm³/mol. The molecule has 1 aliphatic heterocycles. The number of benzene rings is 2. The molecule has 1 saturated carbocycles. The second-order valence-electron chi connectivity index (χ2n) is 8.71. The van der Waals surface area contributed by atoms with Crippen LogP contribution in [0.25, 0.3) is 16.7 Å². The van der Waals surface area contributed by atoms with Gasteiger partial charge in [-0.3, -0.25) is 4.79 Å². The van der Waals surface area contributed by atoms with E-state index in [0.717, 1.165) is 41.2 Å². The molecule has 1 aliphatic carbocycles. The minimum absolute atomic E-state index is 0.0365. The molecule has 0 radical (unpaired) electrons. The fourth-order valence-corrected chi connectivity index (χ4v) is 4.80. The van der Waals surface area contributed by atoms with Crippen molar-refractivity contribution in [1.29, 1.82) is 0 Å². The SMILES string of the molecule is O=C(c1ccccc1Cl)N1CCN(c2nc(C3CC3)nc3c2cnn3-c2cccc(Cl)c2)CC1. The molecule has 4 aromatic rings. The molecule has 172 valence electrons. The minimum Gasteiger partial charge on any atom is -0.352 e. The lowest BCUT2D eigenvalue weighted by Gasteiger charge is -2.35. The fourth-order valence-electron chi connectivity index (χ4n) is 4.40. The molecule has 0 N–H and O–H groups in total. The number of aromatic nitrogens is 4. The number of piperazine rings is 1. The number of carbonyl (C=O) groups is 1. The van der Waals surface area contributed by atoms with Crippen LogP contribution in [0.2, 0.25) is 10.0 Å². The summed E-state index contributed by atoms with van der Waals surface area (Å²) < 4.78 is 1.83. The van der Waals surface area contributed by atoms with Crippen LogP contribution in [0.15, 0.2) is 54.7 Å². The van der Waals surface area contributed by atoms with E-state index in [1.807, 2.05) is 52.2 Å². The summed E-state index contributed by atoms with van der Waals surface area (Å²) >= 11 is 12.5. The van der Waals surface area contributed by atoms with Crippen LogP contribution in [0, 0.1) is 0 Å². The first-order valence-electron chi connectivity index (χ1n) is 11.4. The number of amides is 1. The molecule has 2 aliphatic rings. The van der Waals surface area contributed by atoms with E-state index >= 15 is 0 Å². The maximum Gasteiger partial charge on any atom is 0.255 e. The number of hydrogen-bond donors (Lipinski definition) is 0. The summed E-state index contributed by atoms with van der Waals surface area (Å²) in [5.41, 5.74) is 2.19. The highest BCUT2D eigenvalue weighted by molar-refractivity contribution is 6.33. The zero-order valence-corrected chi connectivity index (χ0v) is 19.9. The van der Waals surface area contributed by atoms with Crippen molar-refractivity contribution in [3.63, 3.8) is 0 Å². The van der Waals surface area contributed by atoms with Crippen LogP contribution in [0.5, 0.6) is 0 Å². The molecule has 1 saturated heterocycles. The standard InChI is InChI=1S/C25H22Cl2N6O/c26-17-4-3-5-18(14-17)33-24-20(15-28-33)23(29-22(30-24)16-8-9-16)31-10-12-32(13-11-31)25(34)19-6-1-2-7-21(19)27/h1-7,14-16H,8-13H2. The molecule has 0 spiro atoms. The first kappa shape index (κ1) is 21.4. The zero-order valence-electron chi connectivity index (χ0n) is 18.4. The Labute approximate surface area is 206 Å². The van der Waals surface area contributed by atoms with E-state index in [4.69, 9.17) is 33.2 Å². The molecule has 34 heavy (non-hydrogen) atoms. The Morgan fingerprint density at radius 1 is 0.941 bits per heavy atom. The second-order valence-corrected chi connectivity index (χ2v) is 9.56. The van der Waals surface area contributed by atoms with Gasteiger partial charge in [0.2, 0.25) is 0 Å². The van der Waals surface area contributed by atoms with Crippen molar-refractivity contribution in [2.75, 3.05) is 31.1 Å². The van der Waals surface area contributed by atoms with Gasteiger partial charge in [-0.1, -0.05) is 41.4 Å². The smallest absolute Gasteiger partial charge is 0.255 e. The third kappa shape index (κ3) is 3.89. The summed E-state index contributed by atoms with van der Waals surface area (Å²) in [5.74, 6) is 2.10. The lowest BCUT2D eigenvalue weighted by Crippen LogP contribution is -2.49. The van der Waals surface area contributed by atoms with Crippen LogP contribution in [0.3, 0.4) is 0 Å². The topological polar surface area (TPSA) is 67.2 Å². The maximum absolute atomic E-state index is 13.0. The summed E-state index contributed by atoms with van der Waals surface area (Å²) in [6.07, 6.45) is 4.04. The maximum atomic E-state index is 13.0. The number of rotatable bonds is 4. The van der Waals surface area contributed by atoms with Crippen molar-refractivity contribution in [3.8, 4) is 5.69 Å².